The van der Waals surface area contributed by atoms with E-state index in [2.05, 4.69) is 0 Å². The molecule has 0 radical (unpaired) electrons. The molecule has 2 aliphatic heterocycles. The first-order valence-electron chi connectivity index (χ1n) is 14.0. The molecule has 6 rings (SSSR count). The van der Waals surface area contributed by atoms with Gasteiger partial charge in [-0.1, -0.05) is 24.4 Å². The van der Waals surface area contributed by atoms with Gasteiger partial charge < -0.3 is 28.6 Å². The minimum atomic E-state index is -0.623. The second-order valence-electron chi connectivity index (χ2n) is 11.3. The normalized spacial score (nSPS) is 21.9. The monoisotopic (exact) mass is 567 g/mol. The van der Waals surface area contributed by atoms with Gasteiger partial charge in [-0.15, -0.1) is 0 Å². The summed E-state index contributed by atoms with van der Waals surface area (Å²) in [6.07, 6.45) is 5.12. The molecule has 1 N–H and O–H groups in total. The van der Waals surface area contributed by atoms with Crippen molar-refractivity contribution in [3.8, 4) is 17.2 Å². The number of likely N-dealkylation sites (tertiary alicyclic amines) is 1. The van der Waals surface area contributed by atoms with Crippen LogP contribution >= 0.6 is 11.6 Å². The number of carbonyl (C=O) groups is 1. The highest BCUT2D eigenvalue weighted by atomic mass is 35.5. The second kappa shape index (κ2) is 10.6. The Labute approximate surface area is 237 Å². The van der Waals surface area contributed by atoms with Crippen LogP contribution in [-0.2, 0) is 17.8 Å². The number of ether oxygens (including phenoxy) is 3. The Kier molecular flexibility index (Phi) is 7.17. The molecule has 40 heavy (non-hydrogen) atoms. The van der Waals surface area contributed by atoms with Crippen molar-refractivity contribution in [2.24, 2.45) is 5.92 Å². The van der Waals surface area contributed by atoms with Gasteiger partial charge in [-0.3, -0.25) is 4.79 Å². The van der Waals surface area contributed by atoms with E-state index in [0.717, 1.165) is 42.2 Å². The van der Waals surface area contributed by atoms with E-state index in [1.165, 1.54) is 0 Å². The van der Waals surface area contributed by atoms with Gasteiger partial charge in [0.2, 0.25) is 12.7 Å². The molecular formula is C31H34ClNO7. The predicted octanol–water partition coefficient (Wildman–Crippen LogP) is 5.46. The molecule has 1 aromatic heterocycles. The fourth-order valence-corrected chi connectivity index (χ4v) is 6.64. The number of carbonyl (C=O) groups excluding carboxylic acids is 1. The lowest BCUT2D eigenvalue weighted by Gasteiger charge is -2.47. The van der Waals surface area contributed by atoms with Crippen LogP contribution in [0.3, 0.4) is 0 Å². The van der Waals surface area contributed by atoms with Crippen LogP contribution in [0.1, 0.15) is 60.8 Å². The molecular weight excluding hydrogens is 534 g/mol. The number of rotatable bonds is 6. The van der Waals surface area contributed by atoms with Crippen molar-refractivity contribution < 1.29 is 28.5 Å². The summed E-state index contributed by atoms with van der Waals surface area (Å²) >= 11 is 6.39. The van der Waals surface area contributed by atoms with Gasteiger partial charge >= 0.3 is 5.63 Å². The van der Waals surface area contributed by atoms with Crippen LogP contribution in [0.5, 0.6) is 17.2 Å². The molecule has 1 amide bonds. The van der Waals surface area contributed by atoms with E-state index in [0.29, 0.717) is 64.9 Å². The molecule has 212 valence electrons. The number of nitrogens with zero attached hydrogens (tertiary/aromatic N) is 1. The number of fused-ring (bicyclic) bond motifs is 3. The van der Waals surface area contributed by atoms with Crippen molar-refractivity contribution in [1.29, 1.82) is 0 Å². The third-order valence-corrected chi connectivity index (χ3v) is 9.30. The predicted molar refractivity (Wildman–Crippen MR) is 150 cm³/mol. The highest BCUT2D eigenvalue weighted by molar-refractivity contribution is 6.31. The number of hydrogen-bond donors (Lipinski definition) is 1. The Morgan fingerprint density at radius 1 is 1.15 bits per heavy atom. The number of benzene rings is 2. The average molecular weight is 568 g/mol. The molecule has 2 aromatic carbocycles. The van der Waals surface area contributed by atoms with Gasteiger partial charge in [0.15, 0.2) is 11.5 Å². The van der Waals surface area contributed by atoms with Crippen molar-refractivity contribution in [3.63, 3.8) is 0 Å². The minimum absolute atomic E-state index is 0.0219. The Bertz CT molecular complexity index is 1530. The topological polar surface area (TPSA) is 98.4 Å². The van der Waals surface area contributed by atoms with Gasteiger partial charge in [0.05, 0.1) is 10.6 Å². The molecule has 0 spiro atoms. The van der Waals surface area contributed by atoms with Gasteiger partial charge in [-0.05, 0) is 63.3 Å². The molecule has 0 bridgehead atoms. The molecule has 3 aliphatic rings. The first-order chi connectivity index (χ1) is 19.2. The largest absolute Gasteiger partial charge is 0.488 e. The zero-order chi connectivity index (χ0) is 28.0. The minimum Gasteiger partial charge on any atom is -0.488 e. The molecule has 1 saturated carbocycles. The SMILES string of the molecule is Cc1c(CCC(=O)N2CC[C@]3(O)CCCC[C@@H]3C2)c(=O)oc2c(C)c(OCc3cc4c(cc3Cl)OCO4)ccc12. The quantitative estimate of drug-likeness (QED) is 0.395. The Balaban J connectivity index is 1.15. The van der Waals surface area contributed by atoms with Crippen molar-refractivity contribution in [2.45, 2.75) is 71.0 Å². The summed E-state index contributed by atoms with van der Waals surface area (Å²) in [7, 11) is 0. The molecule has 9 heteroatoms. The Hall–Kier alpha value is -3.23. The number of halogens is 1. The van der Waals surface area contributed by atoms with Crippen LogP contribution in [0, 0.1) is 19.8 Å². The zero-order valence-electron chi connectivity index (χ0n) is 22.9. The summed E-state index contributed by atoms with van der Waals surface area (Å²) in [6.45, 7) is 5.29. The van der Waals surface area contributed by atoms with E-state index in [1.807, 2.05) is 30.9 Å². The molecule has 2 fully saturated rings. The van der Waals surface area contributed by atoms with Crippen LogP contribution < -0.4 is 19.8 Å². The van der Waals surface area contributed by atoms with Gasteiger partial charge in [0, 0.05) is 53.6 Å². The van der Waals surface area contributed by atoms with Crippen molar-refractivity contribution in [1.82, 2.24) is 4.90 Å². The van der Waals surface area contributed by atoms with Crippen molar-refractivity contribution in [2.75, 3.05) is 19.9 Å². The highest BCUT2D eigenvalue weighted by Gasteiger charge is 2.43. The molecule has 3 aromatic rings. The van der Waals surface area contributed by atoms with Gasteiger partial charge in [-0.2, -0.15) is 0 Å². The van der Waals surface area contributed by atoms with Crippen LogP contribution in [0.25, 0.3) is 11.0 Å². The Morgan fingerprint density at radius 2 is 1.95 bits per heavy atom. The van der Waals surface area contributed by atoms with Gasteiger partial charge in [0.1, 0.15) is 17.9 Å². The Morgan fingerprint density at radius 3 is 2.77 bits per heavy atom. The summed E-state index contributed by atoms with van der Waals surface area (Å²) in [6, 6.07) is 7.26. The molecule has 1 saturated heterocycles. The molecule has 3 heterocycles. The van der Waals surface area contributed by atoms with Crippen LogP contribution in [0.2, 0.25) is 5.02 Å². The lowest BCUT2D eigenvalue weighted by atomic mass is 9.71. The fraction of sp³-hybridized carbons (Fsp3) is 0.484. The molecule has 0 unspecified atom stereocenters. The number of amides is 1. The third kappa shape index (κ3) is 4.92. The fourth-order valence-electron chi connectivity index (χ4n) is 6.43. The molecule has 1 aliphatic carbocycles. The second-order valence-corrected chi connectivity index (χ2v) is 11.7. The summed E-state index contributed by atoms with van der Waals surface area (Å²) in [5.41, 5.74) is 2.22. The zero-order valence-corrected chi connectivity index (χ0v) is 23.6. The van der Waals surface area contributed by atoms with Gasteiger partial charge in [-0.25, -0.2) is 4.79 Å². The maximum absolute atomic E-state index is 13.1. The lowest BCUT2D eigenvalue weighted by Crippen LogP contribution is -2.54. The summed E-state index contributed by atoms with van der Waals surface area (Å²) in [5.74, 6) is 1.99. The van der Waals surface area contributed by atoms with E-state index in [-0.39, 0.29) is 31.6 Å². The van der Waals surface area contributed by atoms with E-state index in [4.69, 9.17) is 30.2 Å². The maximum Gasteiger partial charge on any atom is 0.339 e. The van der Waals surface area contributed by atoms with E-state index < -0.39 is 11.2 Å². The summed E-state index contributed by atoms with van der Waals surface area (Å²) in [5, 5.41) is 12.3. The van der Waals surface area contributed by atoms with Crippen LogP contribution in [0.15, 0.2) is 33.5 Å². The number of piperidine rings is 1. The van der Waals surface area contributed by atoms with E-state index in [1.54, 1.807) is 12.1 Å². The summed E-state index contributed by atoms with van der Waals surface area (Å²) < 4.78 is 22.6. The van der Waals surface area contributed by atoms with E-state index in [9.17, 15) is 14.7 Å². The smallest absolute Gasteiger partial charge is 0.339 e. The molecule has 8 nitrogen and oxygen atoms in total. The van der Waals surface area contributed by atoms with E-state index >= 15 is 0 Å². The number of aryl methyl sites for hydroxylation is 2. The van der Waals surface area contributed by atoms with Crippen molar-refractivity contribution >= 4 is 28.5 Å². The first-order valence-corrected chi connectivity index (χ1v) is 14.4. The highest BCUT2D eigenvalue weighted by Crippen LogP contribution is 2.40. The third-order valence-electron chi connectivity index (χ3n) is 8.95. The lowest BCUT2D eigenvalue weighted by molar-refractivity contribution is -0.143. The number of hydrogen-bond acceptors (Lipinski definition) is 7. The first kappa shape index (κ1) is 27.0. The molecule has 2 atom stereocenters. The van der Waals surface area contributed by atoms with Crippen molar-refractivity contribution in [3.05, 3.63) is 62.0 Å². The average Bonchev–Trinajstić information content (AvgIpc) is 3.39. The standard InChI is InChI=1S/C31H34ClNO7/c1-18-22-6-8-25(37-16-20-13-26-27(14-24(20)32)39-17-38-26)19(2)29(22)40-30(35)23(18)7-9-28(34)33-12-11-31(36)10-4-3-5-21(31)15-33/h6,8,13-14,21,36H,3-5,7,9-12,15-17H2,1-2H3/t21-,31-/m1/s1. The number of aliphatic hydroxyl groups is 1. The van der Waals surface area contributed by atoms with Crippen LogP contribution in [0.4, 0.5) is 0 Å². The maximum atomic E-state index is 13.1. The van der Waals surface area contributed by atoms with Crippen LogP contribution in [-0.4, -0.2) is 41.4 Å². The summed E-state index contributed by atoms with van der Waals surface area (Å²) in [4.78, 5) is 28.0. The van der Waals surface area contributed by atoms with Gasteiger partial charge in [0.25, 0.3) is 0 Å².